The third kappa shape index (κ3) is 8.69. The first-order chi connectivity index (χ1) is 16.8. The second-order valence-electron chi connectivity index (χ2n) is 8.69. The predicted molar refractivity (Wildman–Crippen MR) is 139 cm³/mol. The minimum atomic E-state index is -0.751. The molecule has 4 atom stereocenters. The average molecular weight is 486 g/mol. The molecule has 0 unspecified atom stereocenters. The molecule has 3 N–H and O–H groups in total. The Bertz CT molecular complexity index is 949. The standard InChI is InChI=1S/C28H39NO6/c1-19-12-11-13-21-16-23(34-4)17-24(28(21)35-5)29-26(31)18-22(33-3)14-9-7-6-8-10-15-25(30)20(2)27(19)32/h6-10,12,14,16-17,20,22,25,27,30,32H,11,13,15,18H2,1-5H3,(H,29,31)/b7-6-,10-8-,14-9-,19-12-/t20-,22-,25-,27-/m0/s1. The number of ether oxygens (including phenoxy) is 3. The summed E-state index contributed by atoms with van der Waals surface area (Å²) in [6.07, 6.45) is 13.0. The lowest BCUT2D eigenvalue weighted by Gasteiger charge is -2.24. The molecule has 7 nitrogen and oxygen atoms in total. The van der Waals surface area contributed by atoms with Crippen molar-refractivity contribution in [1.82, 2.24) is 0 Å². The Kier molecular flexibility index (Phi) is 11.8. The zero-order valence-electron chi connectivity index (χ0n) is 21.4. The lowest BCUT2D eigenvalue weighted by Crippen LogP contribution is -2.30. The molecule has 1 amide bonds. The van der Waals surface area contributed by atoms with Crippen molar-refractivity contribution in [2.75, 3.05) is 26.6 Å². The van der Waals surface area contributed by atoms with Gasteiger partial charge in [0.25, 0.3) is 0 Å². The first-order valence-electron chi connectivity index (χ1n) is 11.9. The summed E-state index contributed by atoms with van der Waals surface area (Å²) in [7, 11) is 4.70. The van der Waals surface area contributed by atoms with Crippen LogP contribution in [0.3, 0.4) is 0 Å². The van der Waals surface area contributed by atoms with Gasteiger partial charge in [-0.25, -0.2) is 0 Å². The first-order valence-corrected chi connectivity index (χ1v) is 11.9. The van der Waals surface area contributed by atoms with E-state index in [-0.39, 0.29) is 18.2 Å². The van der Waals surface area contributed by atoms with Crippen LogP contribution in [0.5, 0.6) is 11.5 Å². The van der Waals surface area contributed by atoms with Crippen LogP contribution in [0.25, 0.3) is 0 Å². The Morgan fingerprint density at radius 2 is 1.77 bits per heavy atom. The summed E-state index contributed by atoms with van der Waals surface area (Å²) in [5, 5.41) is 24.2. The third-order valence-corrected chi connectivity index (χ3v) is 6.17. The third-order valence-electron chi connectivity index (χ3n) is 6.17. The number of aryl methyl sites for hydroxylation is 1. The minimum Gasteiger partial charge on any atom is -0.497 e. The molecular weight excluding hydrogens is 446 g/mol. The molecule has 2 rings (SSSR count). The second kappa shape index (κ2) is 14.5. The van der Waals surface area contributed by atoms with E-state index >= 15 is 0 Å². The van der Waals surface area contributed by atoms with E-state index in [0.717, 1.165) is 11.1 Å². The van der Waals surface area contributed by atoms with Gasteiger partial charge >= 0.3 is 0 Å². The number of aliphatic hydroxyl groups is 2. The number of benzene rings is 1. The quantitative estimate of drug-likeness (QED) is 0.551. The summed E-state index contributed by atoms with van der Waals surface area (Å²) in [6, 6.07) is 3.62. The number of amides is 1. The normalized spacial score (nSPS) is 29.0. The maximum atomic E-state index is 12.8. The predicted octanol–water partition coefficient (Wildman–Crippen LogP) is 4.36. The van der Waals surface area contributed by atoms with Gasteiger partial charge in [0.05, 0.1) is 44.6 Å². The van der Waals surface area contributed by atoms with Crippen molar-refractivity contribution in [3.8, 4) is 11.5 Å². The highest BCUT2D eigenvalue weighted by Crippen LogP contribution is 2.35. The number of fused-ring (bicyclic) bond motifs is 2. The molecule has 0 aromatic heterocycles. The number of allylic oxidation sites excluding steroid dienone is 5. The zero-order chi connectivity index (χ0) is 25.8. The summed E-state index contributed by atoms with van der Waals surface area (Å²) in [4.78, 5) is 12.8. The Morgan fingerprint density at radius 3 is 2.46 bits per heavy atom. The van der Waals surface area contributed by atoms with Gasteiger partial charge in [0.1, 0.15) is 11.5 Å². The highest BCUT2D eigenvalue weighted by molar-refractivity contribution is 5.93. The van der Waals surface area contributed by atoms with Crippen LogP contribution in [0.1, 0.15) is 38.7 Å². The number of carbonyl (C=O) groups is 1. The van der Waals surface area contributed by atoms with Crippen molar-refractivity contribution in [1.29, 1.82) is 0 Å². The van der Waals surface area contributed by atoms with E-state index in [4.69, 9.17) is 14.2 Å². The molecule has 192 valence electrons. The fourth-order valence-electron chi connectivity index (χ4n) is 3.94. The monoisotopic (exact) mass is 485 g/mol. The van der Waals surface area contributed by atoms with Gasteiger partial charge < -0.3 is 29.7 Å². The summed E-state index contributed by atoms with van der Waals surface area (Å²) in [6.45, 7) is 3.72. The fourth-order valence-corrected chi connectivity index (χ4v) is 3.94. The van der Waals surface area contributed by atoms with Crippen LogP contribution in [0.15, 0.2) is 60.2 Å². The van der Waals surface area contributed by atoms with E-state index in [1.807, 2.05) is 62.4 Å². The van der Waals surface area contributed by atoms with Crippen LogP contribution in [-0.2, 0) is 16.0 Å². The number of hydrogen-bond acceptors (Lipinski definition) is 6. The molecule has 0 aliphatic carbocycles. The maximum absolute atomic E-state index is 12.8. The molecule has 1 aromatic rings. The Balaban J connectivity index is 2.40. The van der Waals surface area contributed by atoms with E-state index in [0.29, 0.717) is 36.4 Å². The summed E-state index contributed by atoms with van der Waals surface area (Å²) >= 11 is 0. The van der Waals surface area contributed by atoms with Gasteiger partial charge in [0.15, 0.2) is 0 Å². The molecule has 1 aliphatic heterocycles. The number of methoxy groups -OCH3 is 3. The topological polar surface area (TPSA) is 97.3 Å². The molecule has 7 heteroatoms. The molecular formula is C28H39NO6. The SMILES string of the molecule is COc1cc2c(OC)c(c1)NC(=O)C[C@@H](OC)\C=C/C=C\C=C/C[C@H](O)[C@H](C)[C@@H](O)/C(C)=C\CC2. The van der Waals surface area contributed by atoms with Crippen LogP contribution in [0, 0.1) is 5.92 Å². The minimum absolute atomic E-state index is 0.135. The molecule has 1 aliphatic rings. The van der Waals surface area contributed by atoms with Gasteiger partial charge in [-0.1, -0.05) is 49.5 Å². The van der Waals surface area contributed by atoms with Crippen LogP contribution in [0.4, 0.5) is 5.69 Å². The zero-order valence-corrected chi connectivity index (χ0v) is 21.4. The van der Waals surface area contributed by atoms with Gasteiger partial charge in [-0.2, -0.15) is 0 Å². The van der Waals surface area contributed by atoms with Crippen LogP contribution in [-0.4, -0.2) is 55.8 Å². The van der Waals surface area contributed by atoms with Gasteiger partial charge in [-0.15, -0.1) is 0 Å². The molecule has 1 aromatic carbocycles. The van der Waals surface area contributed by atoms with Crippen LogP contribution < -0.4 is 14.8 Å². The maximum Gasteiger partial charge on any atom is 0.227 e. The van der Waals surface area contributed by atoms with E-state index in [1.165, 1.54) is 0 Å². The smallest absolute Gasteiger partial charge is 0.227 e. The highest BCUT2D eigenvalue weighted by Gasteiger charge is 2.23. The number of nitrogens with one attached hydrogen (secondary N) is 1. The van der Waals surface area contributed by atoms with Gasteiger partial charge in [0, 0.05) is 24.7 Å². The molecule has 0 saturated heterocycles. The molecule has 0 fully saturated rings. The van der Waals surface area contributed by atoms with Crippen molar-refractivity contribution in [2.24, 2.45) is 5.92 Å². The van der Waals surface area contributed by atoms with E-state index in [2.05, 4.69) is 5.32 Å². The largest absolute Gasteiger partial charge is 0.497 e. The van der Waals surface area contributed by atoms with E-state index in [9.17, 15) is 15.0 Å². The molecule has 1 heterocycles. The first kappa shape index (κ1) is 28.4. The van der Waals surface area contributed by atoms with Gasteiger partial charge in [-0.05, 0) is 37.8 Å². The molecule has 0 radical (unpaired) electrons. The van der Waals surface area contributed by atoms with Gasteiger partial charge in [0.2, 0.25) is 5.91 Å². The molecule has 2 bridgehead atoms. The summed E-state index contributed by atoms with van der Waals surface area (Å²) in [5.41, 5.74) is 2.20. The van der Waals surface area contributed by atoms with Crippen LogP contribution in [0.2, 0.25) is 0 Å². The Hall–Kier alpha value is -2.87. The fraction of sp³-hybridized carbons (Fsp3) is 0.464. The van der Waals surface area contributed by atoms with Crippen molar-refractivity contribution in [2.45, 2.75) is 57.8 Å². The molecule has 35 heavy (non-hydrogen) atoms. The van der Waals surface area contributed by atoms with Crippen LogP contribution >= 0.6 is 0 Å². The van der Waals surface area contributed by atoms with Crippen molar-refractivity contribution < 1.29 is 29.2 Å². The van der Waals surface area contributed by atoms with Crippen molar-refractivity contribution in [3.05, 3.63) is 65.8 Å². The van der Waals surface area contributed by atoms with Crippen molar-refractivity contribution in [3.63, 3.8) is 0 Å². The Morgan fingerprint density at radius 1 is 1.03 bits per heavy atom. The molecule has 0 spiro atoms. The van der Waals surface area contributed by atoms with E-state index < -0.39 is 18.3 Å². The number of hydrogen-bond donors (Lipinski definition) is 3. The number of carbonyl (C=O) groups excluding carboxylic acids is 1. The lowest BCUT2D eigenvalue weighted by atomic mass is 9.90. The highest BCUT2D eigenvalue weighted by atomic mass is 16.5. The number of anilines is 1. The second-order valence-corrected chi connectivity index (χ2v) is 8.69. The van der Waals surface area contributed by atoms with Gasteiger partial charge in [-0.3, -0.25) is 4.79 Å². The average Bonchev–Trinajstić information content (AvgIpc) is 2.85. The summed E-state index contributed by atoms with van der Waals surface area (Å²) < 4.78 is 16.5. The lowest BCUT2D eigenvalue weighted by molar-refractivity contribution is -0.117. The summed E-state index contributed by atoms with van der Waals surface area (Å²) in [5.74, 6) is 0.645. The van der Waals surface area contributed by atoms with Crippen molar-refractivity contribution >= 4 is 11.6 Å². The molecule has 0 saturated carbocycles. The number of aliphatic hydroxyl groups excluding tert-OH is 2. The van der Waals surface area contributed by atoms with E-state index in [1.54, 1.807) is 27.4 Å². The number of rotatable bonds is 3. The Labute approximate surface area is 208 Å².